The number of benzene rings is 1. The maximum Gasteiger partial charge on any atom is 0.410 e. The normalized spacial score (nSPS) is 14.8. The molecule has 1 rings (SSSR count). The van der Waals surface area contributed by atoms with Gasteiger partial charge in [-0.3, -0.25) is 14.5 Å². The number of aliphatic carboxylic acids is 1. The van der Waals surface area contributed by atoms with Gasteiger partial charge in [0.25, 0.3) is 0 Å². The van der Waals surface area contributed by atoms with E-state index in [0.717, 1.165) is 5.56 Å². The van der Waals surface area contributed by atoms with E-state index in [2.05, 4.69) is 11.9 Å². The van der Waals surface area contributed by atoms with E-state index >= 15 is 0 Å². The van der Waals surface area contributed by atoms with Crippen molar-refractivity contribution in [2.24, 2.45) is 11.3 Å². The number of hydrogen-bond donors (Lipinski definition) is 2. The first-order valence-electron chi connectivity index (χ1n) is 14.2. The van der Waals surface area contributed by atoms with E-state index in [1.54, 1.807) is 53.8 Å². The molecule has 9 nitrogen and oxygen atoms in total. The first kappa shape index (κ1) is 36.4. The van der Waals surface area contributed by atoms with Gasteiger partial charge in [0.15, 0.2) is 0 Å². The first-order valence-corrected chi connectivity index (χ1v) is 14.2. The Balaban J connectivity index is 3.67. The summed E-state index contributed by atoms with van der Waals surface area (Å²) in [4.78, 5) is 55.9. The summed E-state index contributed by atoms with van der Waals surface area (Å²) in [6.45, 7) is 21.7. The Morgan fingerprint density at radius 1 is 0.952 bits per heavy atom. The smallest absolute Gasteiger partial charge is 0.410 e. The molecule has 0 spiro atoms. The summed E-state index contributed by atoms with van der Waals surface area (Å²) < 4.78 is 5.62. The van der Waals surface area contributed by atoms with Gasteiger partial charge < -0.3 is 20.1 Å². The number of likely N-dealkylation sites (N-methyl/N-ethyl adjacent to an activating group) is 2. The Labute approximate surface area is 252 Å². The van der Waals surface area contributed by atoms with Gasteiger partial charge in [-0.2, -0.15) is 0 Å². The Morgan fingerprint density at radius 2 is 1.48 bits per heavy atom. The minimum atomic E-state index is -1.08. The zero-order valence-electron chi connectivity index (χ0n) is 27.4. The molecule has 0 saturated heterocycles. The molecule has 2 unspecified atom stereocenters. The maximum absolute atomic E-state index is 14.3. The molecule has 0 bridgehead atoms. The number of carboxylic acid groups (broad SMARTS) is 1. The molecule has 0 aromatic heterocycles. The largest absolute Gasteiger partial charge is 0.478 e. The van der Waals surface area contributed by atoms with Gasteiger partial charge in [-0.15, -0.1) is 6.58 Å². The molecule has 0 heterocycles. The molecule has 42 heavy (non-hydrogen) atoms. The van der Waals surface area contributed by atoms with Gasteiger partial charge in [-0.05, 0) is 39.2 Å². The quantitative estimate of drug-likeness (QED) is 0.250. The molecule has 1 aromatic rings. The van der Waals surface area contributed by atoms with E-state index in [4.69, 9.17) is 4.74 Å². The van der Waals surface area contributed by atoms with Crippen LogP contribution in [-0.4, -0.2) is 76.6 Å². The van der Waals surface area contributed by atoms with Crippen molar-refractivity contribution in [1.82, 2.24) is 15.1 Å². The Kier molecular flexibility index (Phi) is 12.2. The molecule has 0 aliphatic carbocycles. The molecule has 9 heteroatoms. The highest BCUT2D eigenvalue weighted by atomic mass is 16.6. The number of rotatable bonds is 12. The molecule has 234 valence electrons. The van der Waals surface area contributed by atoms with E-state index in [1.165, 1.54) is 23.8 Å². The summed E-state index contributed by atoms with van der Waals surface area (Å²) in [6.07, 6.45) is 2.47. The third kappa shape index (κ3) is 9.19. The molecule has 3 atom stereocenters. The highest BCUT2D eigenvalue weighted by Gasteiger charge is 2.46. The summed E-state index contributed by atoms with van der Waals surface area (Å²) in [6, 6.07) is 6.68. The topological polar surface area (TPSA) is 116 Å². The molecule has 0 fully saturated rings. The van der Waals surface area contributed by atoms with Crippen molar-refractivity contribution in [3.8, 4) is 0 Å². The van der Waals surface area contributed by atoms with Crippen LogP contribution in [0.25, 0.3) is 0 Å². The molecule has 0 aliphatic rings. The number of carbonyl (C=O) groups excluding carboxylic acids is 3. The van der Waals surface area contributed by atoms with Gasteiger partial charge in [-0.1, -0.05) is 84.0 Å². The fourth-order valence-electron chi connectivity index (χ4n) is 4.79. The summed E-state index contributed by atoms with van der Waals surface area (Å²) >= 11 is 0. The fraction of sp³-hybridized carbons (Fsp3) is 0.576. The number of hydrogen-bond acceptors (Lipinski definition) is 5. The second-order valence-electron chi connectivity index (χ2n) is 13.4. The zero-order chi connectivity index (χ0) is 32.8. The molecular formula is C33H51N3O6. The lowest BCUT2D eigenvalue weighted by Crippen LogP contribution is -2.63. The van der Waals surface area contributed by atoms with Crippen LogP contribution in [0, 0.1) is 11.3 Å². The Morgan fingerprint density at radius 3 is 1.90 bits per heavy atom. The maximum atomic E-state index is 14.3. The van der Waals surface area contributed by atoms with Crippen LogP contribution in [0.3, 0.4) is 0 Å². The average molecular weight is 586 g/mol. The molecule has 3 amide bonds. The lowest BCUT2D eigenvalue weighted by Gasteiger charge is -2.42. The van der Waals surface area contributed by atoms with Crippen molar-refractivity contribution in [2.45, 2.75) is 98.4 Å². The SMILES string of the molecule is C=CC(C)(C)C(NC(=O)C(N(C)C(=O)OC(C)(C)C)C(C)(C)c1ccccc1)C(=O)N(C)[C@H](/C=C(\C)C(=O)O)C(C)C. The van der Waals surface area contributed by atoms with E-state index in [9.17, 15) is 24.3 Å². The number of amides is 3. The molecule has 1 aromatic carbocycles. The predicted molar refractivity (Wildman–Crippen MR) is 166 cm³/mol. The van der Waals surface area contributed by atoms with Crippen molar-refractivity contribution in [2.75, 3.05) is 14.1 Å². The van der Waals surface area contributed by atoms with Crippen LogP contribution in [0.5, 0.6) is 0 Å². The monoisotopic (exact) mass is 585 g/mol. The molecule has 0 saturated carbocycles. The lowest BCUT2D eigenvalue weighted by molar-refractivity contribution is -0.141. The first-order chi connectivity index (χ1) is 19.1. The summed E-state index contributed by atoms with van der Waals surface area (Å²) in [7, 11) is 3.11. The van der Waals surface area contributed by atoms with Crippen molar-refractivity contribution < 1.29 is 29.0 Å². The number of nitrogens with one attached hydrogen (secondary N) is 1. The van der Waals surface area contributed by atoms with Crippen LogP contribution in [0.15, 0.2) is 54.6 Å². The fourth-order valence-corrected chi connectivity index (χ4v) is 4.79. The van der Waals surface area contributed by atoms with Gasteiger partial charge in [0.1, 0.15) is 17.7 Å². The minimum absolute atomic E-state index is 0.112. The van der Waals surface area contributed by atoms with Gasteiger partial charge in [0, 0.05) is 30.5 Å². The van der Waals surface area contributed by atoms with Crippen molar-refractivity contribution >= 4 is 23.9 Å². The highest BCUT2D eigenvalue weighted by Crippen LogP contribution is 2.32. The minimum Gasteiger partial charge on any atom is -0.478 e. The Bertz CT molecular complexity index is 1160. The summed E-state index contributed by atoms with van der Waals surface area (Å²) in [5, 5.41) is 12.4. The van der Waals surface area contributed by atoms with Gasteiger partial charge in [-0.25, -0.2) is 9.59 Å². The van der Waals surface area contributed by atoms with Crippen molar-refractivity contribution in [3.05, 3.63) is 60.2 Å². The molecular weight excluding hydrogens is 534 g/mol. The number of carboxylic acids is 1. The van der Waals surface area contributed by atoms with Gasteiger partial charge in [0.2, 0.25) is 11.8 Å². The highest BCUT2D eigenvalue weighted by molar-refractivity contribution is 5.93. The van der Waals surface area contributed by atoms with Crippen LogP contribution < -0.4 is 5.32 Å². The van der Waals surface area contributed by atoms with E-state index in [1.807, 2.05) is 58.0 Å². The van der Waals surface area contributed by atoms with Crippen LogP contribution in [0.2, 0.25) is 0 Å². The number of ether oxygens (including phenoxy) is 1. The predicted octanol–water partition coefficient (Wildman–Crippen LogP) is 5.41. The molecule has 0 aliphatic heterocycles. The van der Waals surface area contributed by atoms with Crippen molar-refractivity contribution in [1.29, 1.82) is 0 Å². The average Bonchev–Trinajstić information content (AvgIpc) is 2.88. The van der Waals surface area contributed by atoms with Crippen LogP contribution >= 0.6 is 0 Å². The summed E-state index contributed by atoms with van der Waals surface area (Å²) in [5.41, 5.74) is -1.65. The van der Waals surface area contributed by atoms with Crippen LogP contribution in [0.1, 0.15) is 74.8 Å². The zero-order valence-corrected chi connectivity index (χ0v) is 27.4. The van der Waals surface area contributed by atoms with E-state index in [0.29, 0.717) is 0 Å². The van der Waals surface area contributed by atoms with Crippen LogP contribution in [0.4, 0.5) is 4.79 Å². The van der Waals surface area contributed by atoms with Crippen LogP contribution in [-0.2, 0) is 24.5 Å². The third-order valence-electron chi connectivity index (χ3n) is 7.56. The molecule has 2 N–H and O–H groups in total. The molecule has 0 radical (unpaired) electrons. The van der Waals surface area contributed by atoms with Crippen molar-refractivity contribution in [3.63, 3.8) is 0 Å². The van der Waals surface area contributed by atoms with Gasteiger partial charge in [0.05, 0.1) is 6.04 Å². The van der Waals surface area contributed by atoms with E-state index < -0.39 is 58.4 Å². The summed E-state index contributed by atoms with van der Waals surface area (Å²) in [5.74, 6) is -2.15. The third-order valence-corrected chi connectivity index (χ3v) is 7.56. The second-order valence-corrected chi connectivity index (χ2v) is 13.4. The Hall–Kier alpha value is -3.62. The van der Waals surface area contributed by atoms with Gasteiger partial charge >= 0.3 is 12.1 Å². The lowest BCUT2D eigenvalue weighted by atomic mass is 9.76. The standard InChI is InChI=1S/C33H51N3O6/c1-14-32(8,9)25(28(38)35(12)24(21(2)3)20-22(4)29(39)40)34-27(37)26(36(13)30(41)42-31(5,6)7)33(10,11)23-18-16-15-17-19-23/h14-21,24-26H,1H2,2-13H3,(H,34,37)(H,39,40)/b22-20+/t24-,25?,26?/m1/s1. The second kappa shape index (κ2) is 14.0. The number of nitrogens with zero attached hydrogens (tertiary/aromatic N) is 2. The van der Waals surface area contributed by atoms with E-state index in [-0.39, 0.29) is 11.5 Å². The number of carbonyl (C=O) groups is 4.